The van der Waals surface area contributed by atoms with Gasteiger partial charge in [0.05, 0.1) is 19.0 Å². The second kappa shape index (κ2) is 5.20. The molecule has 0 aromatic carbocycles. The van der Waals surface area contributed by atoms with Crippen LogP contribution < -0.4 is 4.74 Å². The molecule has 7 heteroatoms. The molecule has 0 saturated heterocycles. The second-order valence-electron chi connectivity index (χ2n) is 4.39. The highest BCUT2D eigenvalue weighted by molar-refractivity contribution is 5.78. The standard InChI is InChI=1S/C14H13N5O2/c1-10(20)18-8-6-11(9-18)12-5-7-15-19(12)13-3-4-14(21-2)17-16-13/h3-9H,1-2H3. The van der Waals surface area contributed by atoms with Crippen LogP contribution in [0.5, 0.6) is 5.88 Å². The average molecular weight is 283 g/mol. The molecule has 0 N–H and O–H groups in total. The Bertz CT molecular complexity index is 773. The summed E-state index contributed by atoms with van der Waals surface area (Å²) in [5.41, 5.74) is 1.70. The molecule has 0 saturated carbocycles. The first-order valence-corrected chi connectivity index (χ1v) is 6.30. The van der Waals surface area contributed by atoms with Crippen LogP contribution in [0.25, 0.3) is 17.1 Å². The molecule has 106 valence electrons. The molecule has 3 heterocycles. The lowest BCUT2D eigenvalue weighted by atomic mass is 10.2. The van der Waals surface area contributed by atoms with Gasteiger partial charge in [-0.2, -0.15) is 5.10 Å². The van der Waals surface area contributed by atoms with Crippen molar-refractivity contribution in [1.82, 2.24) is 24.5 Å². The van der Waals surface area contributed by atoms with Crippen molar-refractivity contribution >= 4 is 5.91 Å². The Balaban J connectivity index is 2.01. The Morgan fingerprint density at radius 3 is 2.67 bits per heavy atom. The second-order valence-corrected chi connectivity index (χ2v) is 4.39. The number of carbonyl (C=O) groups is 1. The van der Waals surface area contributed by atoms with E-state index in [2.05, 4.69) is 15.3 Å². The fourth-order valence-electron chi connectivity index (χ4n) is 1.98. The topological polar surface area (TPSA) is 74.8 Å². The smallest absolute Gasteiger partial charge is 0.233 e. The normalized spacial score (nSPS) is 10.6. The molecule has 0 atom stereocenters. The van der Waals surface area contributed by atoms with Gasteiger partial charge in [-0.15, -0.1) is 10.2 Å². The van der Waals surface area contributed by atoms with Crippen LogP contribution in [0.3, 0.4) is 0 Å². The van der Waals surface area contributed by atoms with E-state index in [9.17, 15) is 4.79 Å². The van der Waals surface area contributed by atoms with Crippen molar-refractivity contribution in [3.63, 3.8) is 0 Å². The molecule has 0 aliphatic heterocycles. The molecule has 3 aromatic heterocycles. The Hall–Kier alpha value is -2.96. The maximum atomic E-state index is 11.4. The summed E-state index contributed by atoms with van der Waals surface area (Å²) in [4.78, 5) is 11.4. The third-order valence-corrected chi connectivity index (χ3v) is 3.05. The molecule has 3 rings (SSSR count). The SMILES string of the molecule is COc1ccc(-n2nccc2-c2ccn(C(C)=O)c2)nn1. The predicted octanol–water partition coefficient (Wildman–Crippen LogP) is 1.80. The number of rotatable bonds is 3. The zero-order valence-electron chi connectivity index (χ0n) is 11.6. The van der Waals surface area contributed by atoms with Crippen LogP contribution in [-0.2, 0) is 0 Å². The fourth-order valence-corrected chi connectivity index (χ4v) is 1.98. The molecular formula is C14H13N5O2. The van der Waals surface area contributed by atoms with Crippen molar-refractivity contribution in [2.75, 3.05) is 7.11 Å². The van der Waals surface area contributed by atoms with E-state index >= 15 is 0 Å². The Morgan fingerprint density at radius 2 is 2.05 bits per heavy atom. The molecule has 0 unspecified atom stereocenters. The minimum Gasteiger partial charge on any atom is -0.480 e. The van der Waals surface area contributed by atoms with Gasteiger partial charge >= 0.3 is 0 Å². The molecule has 0 aliphatic rings. The van der Waals surface area contributed by atoms with Crippen molar-refractivity contribution < 1.29 is 9.53 Å². The summed E-state index contributed by atoms with van der Waals surface area (Å²) >= 11 is 0. The number of carbonyl (C=O) groups excluding carboxylic acids is 1. The molecule has 0 bridgehead atoms. The van der Waals surface area contributed by atoms with Crippen molar-refractivity contribution in [3.8, 4) is 23.0 Å². The Labute approximate surface area is 120 Å². The van der Waals surface area contributed by atoms with Gasteiger partial charge in [0.2, 0.25) is 11.8 Å². The molecule has 21 heavy (non-hydrogen) atoms. The van der Waals surface area contributed by atoms with Gasteiger partial charge in [0.25, 0.3) is 0 Å². The van der Waals surface area contributed by atoms with Crippen LogP contribution in [0.4, 0.5) is 0 Å². The fraction of sp³-hybridized carbons (Fsp3) is 0.143. The molecule has 0 amide bonds. The van der Waals surface area contributed by atoms with Gasteiger partial charge < -0.3 is 4.74 Å². The lowest BCUT2D eigenvalue weighted by Gasteiger charge is -2.05. The maximum absolute atomic E-state index is 11.4. The summed E-state index contributed by atoms with van der Waals surface area (Å²) in [6.45, 7) is 1.51. The summed E-state index contributed by atoms with van der Waals surface area (Å²) in [5.74, 6) is 0.970. The molecule has 0 spiro atoms. The van der Waals surface area contributed by atoms with Crippen LogP contribution in [0.2, 0.25) is 0 Å². The number of hydrogen-bond donors (Lipinski definition) is 0. The van der Waals surface area contributed by atoms with E-state index in [1.165, 1.54) is 18.6 Å². The highest BCUT2D eigenvalue weighted by Gasteiger charge is 2.11. The number of aromatic nitrogens is 5. The van der Waals surface area contributed by atoms with E-state index in [0.29, 0.717) is 11.7 Å². The van der Waals surface area contributed by atoms with Crippen molar-refractivity contribution in [3.05, 3.63) is 42.9 Å². The minimum absolute atomic E-state index is 0.0449. The lowest BCUT2D eigenvalue weighted by Crippen LogP contribution is -2.04. The first kappa shape index (κ1) is 13.0. The predicted molar refractivity (Wildman–Crippen MR) is 75.4 cm³/mol. The lowest BCUT2D eigenvalue weighted by molar-refractivity contribution is 0.0937. The Morgan fingerprint density at radius 1 is 1.19 bits per heavy atom. The van der Waals surface area contributed by atoms with Gasteiger partial charge in [-0.05, 0) is 18.2 Å². The summed E-state index contributed by atoms with van der Waals surface area (Å²) < 4.78 is 8.17. The maximum Gasteiger partial charge on any atom is 0.233 e. The molecule has 3 aromatic rings. The van der Waals surface area contributed by atoms with Crippen LogP contribution in [0.1, 0.15) is 11.7 Å². The van der Waals surface area contributed by atoms with Crippen molar-refractivity contribution in [2.45, 2.75) is 6.92 Å². The van der Waals surface area contributed by atoms with E-state index in [1.54, 1.807) is 35.4 Å². The molecule has 0 fully saturated rings. The van der Waals surface area contributed by atoms with E-state index in [-0.39, 0.29) is 5.91 Å². The largest absolute Gasteiger partial charge is 0.480 e. The van der Waals surface area contributed by atoms with Crippen LogP contribution in [-0.4, -0.2) is 37.6 Å². The third-order valence-electron chi connectivity index (χ3n) is 3.05. The first-order chi connectivity index (χ1) is 10.2. The Kier molecular flexibility index (Phi) is 3.23. The third kappa shape index (κ3) is 2.40. The zero-order valence-corrected chi connectivity index (χ0v) is 11.6. The number of methoxy groups -OCH3 is 1. The summed E-state index contributed by atoms with van der Waals surface area (Å²) in [5, 5.41) is 12.3. The van der Waals surface area contributed by atoms with Crippen LogP contribution in [0, 0.1) is 0 Å². The number of ether oxygens (including phenoxy) is 1. The van der Waals surface area contributed by atoms with Gasteiger partial charge in [0.15, 0.2) is 5.82 Å². The van der Waals surface area contributed by atoms with Crippen LogP contribution >= 0.6 is 0 Å². The van der Waals surface area contributed by atoms with Gasteiger partial charge in [-0.3, -0.25) is 9.36 Å². The molecule has 0 aliphatic carbocycles. The average Bonchev–Trinajstić information content (AvgIpc) is 3.16. The molecule has 0 radical (unpaired) electrons. The minimum atomic E-state index is -0.0449. The highest BCUT2D eigenvalue weighted by Crippen LogP contribution is 2.22. The van der Waals surface area contributed by atoms with E-state index in [0.717, 1.165) is 11.3 Å². The van der Waals surface area contributed by atoms with E-state index in [1.807, 2.05) is 12.1 Å². The molecular weight excluding hydrogens is 270 g/mol. The van der Waals surface area contributed by atoms with Gasteiger partial charge in [0, 0.05) is 30.9 Å². The highest BCUT2D eigenvalue weighted by atomic mass is 16.5. The van der Waals surface area contributed by atoms with E-state index in [4.69, 9.17) is 4.74 Å². The van der Waals surface area contributed by atoms with Gasteiger partial charge in [-0.1, -0.05) is 0 Å². The first-order valence-electron chi connectivity index (χ1n) is 6.30. The number of nitrogens with zero attached hydrogens (tertiary/aromatic N) is 5. The van der Waals surface area contributed by atoms with E-state index < -0.39 is 0 Å². The van der Waals surface area contributed by atoms with Crippen LogP contribution in [0.15, 0.2) is 42.9 Å². The van der Waals surface area contributed by atoms with Gasteiger partial charge in [-0.25, -0.2) is 4.68 Å². The molecule has 7 nitrogen and oxygen atoms in total. The summed E-state index contributed by atoms with van der Waals surface area (Å²) in [6.07, 6.45) is 5.15. The van der Waals surface area contributed by atoms with Crippen molar-refractivity contribution in [2.24, 2.45) is 0 Å². The van der Waals surface area contributed by atoms with Crippen molar-refractivity contribution in [1.29, 1.82) is 0 Å². The zero-order chi connectivity index (χ0) is 14.8. The summed E-state index contributed by atoms with van der Waals surface area (Å²) in [7, 11) is 1.54. The van der Waals surface area contributed by atoms with Gasteiger partial charge in [0.1, 0.15) is 0 Å². The number of hydrogen-bond acceptors (Lipinski definition) is 5. The quantitative estimate of drug-likeness (QED) is 0.732. The monoisotopic (exact) mass is 283 g/mol. The summed E-state index contributed by atoms with van der Waals surface area (Å²) in [6, 6.07) is 7.19.